The van der Waals surface area contributed by atoms with Gasteiger partial charge in [0.2, 0.25) is 5.91 Å². The topological polar surface area (TPSA) is 57.6 Å². The van der Waals surface area contributed by atoms with Gasteiger partial charge in [-0.05, 0) is 23.8 Å². The van der Waals surface area contributed by atoms with Crippen molar-refractivity contribution in [3.05, 3.63) is 28.8 Å². The number of benzene rings is 1. The first-order valence-corrected chi connectivity index (χ1v) is 4.31. The average Bonchev–Trinajstić information content (AvgIpc) is 2.39. The van der Waals surface area contributed by atoms with E-state index in [9.17, 15) is 9.59 Å². The van der Waals surface area contributed by atoms with Gasteiger partial charge in [-0.25, -0.2) is 9.69 Å². The molecule has 0 bridgehead atoms. The maximum Gasteiger partial charge on any atom is 0.418 e. The molecular weight excluding hydrogens is 206 g/mol. The fourth-order valence-electron chi connectivity index (χ4n) is 1.50. The summed E-state index contributed by atoms with van der Waals surface area (Å²) in [6.45, 7) is 0. The number of anilines is 1. The molecule has 0 spiro atoms. The molecule has 0 saturated heterocycles. The largest absolute Gasteiger partial charge is 0.464 e. The second-order valence-electron chi connectivity index (χ2n) is 2.96. The number of amides is 2. The predicted molar refractivity (Wildman–Crippen MR) is 50.7 cm³/mol. The van der Waals surface area contributed by atoms with Gasteiger partial charge in [-0.15, -0.1) is 0 Å². The van der Waals surface area contributed by atoms with Crippen LogP contribution in [0, 0.1) is 0 Å². The number of carbonyl (C=O) groups excluding carboxylic acids is 1. The molecule has 1 aliphatic rings. The third kappa shape index (κ3) is 1.24. The molecule has 2 amide bonds. The lowest BCUT2D eigenvalue weighted by Crippen LogP contribution is -2.31. The molecule has 72 valence electrons. The van der Waals surface area contributed by atoms with Gasteiger partial charge < -0.3 is 5.11 Å². The van der Waals surface area contributed by atoms with Crippen LogP contribution in [0.15, 0.2) is 18.2 Å². The highest BCUT2D eigenvalue weighted by molar-refractivity contribution is 6.31. The zero-order valence-corrected chi connectivity index (χ0v) is 7.78. The van der Waals surface area contributed by atoms with E-state index in [2.05, 4.69) is 0 Å². The van der Waals surface area contributed by atoms with Gasteiger partial charge in [0, 0.05) is 5.02 Å². The highest BCUT2D eigenvalue weighted by Crippen LogP contribution is 2.30. The van der Waals surface area contributed by atoms with Gasteiger partial charge in [-0.2, -0.15) is 0 Å². The van der Waals surface area contributed by atoms with E-state index in [1.54, 1.807) is 12.1 Å². The van der Waals surface area contributed by atoms with Gasteiger partial charge >= 0.3 is 6.09 Å². The number of fused-ring (bicyclic) bond motifs is 1. The van der Waals surface area contributed by atoms with E-state index >= 15 is 0 Å². The summed E-state index contributed by atoms with van der Waals surface area (Å²) in [4.78, 5) is 22.8. The van der Waals surface area contributed by atoms with Crippen molar-refractivity contribution < 1.29 is 14.7 Å². The molecule has 0 aliphatic carbocycles. The highest BCUT2D eigenvalue weighted by atomic mass is 35.5. The fraction of sp³-hybridized carbons (Fsp3) is 0.111. The van der Waals surface area contributed by atoms with E-state index in [-0.39, 0.29) is 6.42 Å². The predicted octanol–water partition coefficient (Wildman–Crippen LogP) is 1.91. The smallest absolute Gasteiger partial charge is 0.418 e. The van der Waals surface area contributed by atoms with Crippen molar-refractivity contribution in [1.82, 2.24) is 0 Å². The summed E-state index contributed by atoms with van der Waals surface area (Å²) >= 11 is 5.72. The molecule has 5 heteroatoms. The number of hydrogen-bond acceptors (Lipinski definition) is 2. The summed E-state index contributed by atoms with van der Waals surface area (Å²) in [6.07, 6.45) is -1.15. The van der Waals surface area contributed by atoms with Crippen LogP contribution in [0.3, 0.4) is 0 Å². The van der Waals surface area contributed by atoms with Crippen LogP contribution in [0.1, 0.15) is 5.56 Å². The summed E-state index contributed by atoms with van der Waals surface area (Å²) in [5.41, 5.74) is 1.07. The number of carbonyl (C=O) groups is 2. The van der Waals surface area contributed by atoms with Crippen molar-refractivity contribution in [2.45, 2.75) is 6.42 Å². The monoisotopic (exact) mass is 211 g/mol. The van der Waals surface area contributed by atoms with Crippen molar-refractivity contribution in [3.8, 4) is 0 Å². The van der Waals surface area contributed by atoms with Gasteiger partial charge in [-0.3, -0.25) is 4.79 Å². The first-order valence-electron chi connectivity index (χ1n) is 3.94. The maximum absolute atomic E-state index is 11.3. The van der Waals surface area contributed by atoms with Crippen LogP contribution in [0.25, 0.3) is 0 Å². The summed E-state index contributed by atoms with van der Waals surface area (Å²) in [5.74, 6) is -0.435. The van der Waals surface area contributed by atoms with Gasteiger partial charge in [0.05, 0.1) is 12.1 Å². The Labute approximate surface area is 84.7 Å². The number of imide groups is 1. The maximum atomic E-state index is 11.3. The third-order valence-electron chi connectivity index (χ3n) is 2.06. The van der Waals surface area contributed by atoms with Crippen LogP contribution in [-0.4, -0.2) is 17.1 Å². The molecule has 0 radical (unpaired) electrons. The number of rotatable bonds is 0. The van der Waals surface area contributed by atoms with Crippen LogP contribution in [0.5, 0.6) is 0 Å². The molecule has 1 aromatic carbocycles. The molecule has 0 fully saturated rings. The first kappa shape index (κ1) is 9.02. The minimum Gasteiger partial charge on any atom is -0.464 e. The first-order chi connectivity index (χ1) is 6.59. The Morgan fingerprint density at radius 1 is 1.50 bits per heavy atom. The normalized spacial score (nSPS) is 14.4. The third-order valence-corrected chi connectivity index (χ3v) is 2.30. The van der Waals surface area contributed by atoms with Crippen LogP contribution in [0.2, 0.25) is 5.02 Å². The van der Waals surface area contributed by atoms with Crippen molar-refractivity contribution in [1.29, 1.82) is 0 Å². The van der Waals surface area contributed by atoms with Crippen molar-refractivity contribution in [3.63, 3.8) is 0 Å². The summed E-state index contributed by atoms with van der Waals surface area (Å²) in [6, 6.07) is 4.71. The minimum atomic E-state index is -1.25. The van der Waals surface area contributed by atoms with E-state index in [0.717, 1.165) is 4.90 Å². The Morgan fingerprint density at radius 2 is 2.21 bits per heavy atom. The Kier molecular flexibility index (Phi) is 1.93. The molecule has 4 nitrogen and oxygen atoms in total. The Hall–Kier alpha value is -1.55. The van der Waals surface area contributed by atoms with E-state index in [0.29, 0.717) is 16.3 Å². The van der Waals surface area contributed by atoms with Crippen molar-refractivity contribution >= 4 is 29.3 Å². The second kappa shape index (κ2) is 2.99. The Morgan fingerprint density at radius 3 is 2.86 bits per heavy atom. The molecule has 0 saturated carbocycles. The molecule has 1 N–H and O–H groups in total. The van der Waals surface area contributed by atoms with Gasteiger partial charge in [0.15, 0.2) is 0 Å². The number of nitrogens with zero attached hydrogens (tertiary/aromatic N) is 1. The molecule has 14 heavy (non-hydrogen) atoms. The molecule has 2 rings (SSSR count). The van der Waals surface area contributed by atoms with Crippen molar-refractivity contribution in [2.24, 2.45) is 0 Å². The Balaban J connectivity index is 2.53. The molecule has 0 aromatic heterocycles. The van der Waals surface area contributed by atoms with E-state index in [1.165, 1.54) is 6.07 Å². The quantitative estimate of drug-likeness (QED) is 0.713. The molecule has 0 unspecified atom stereocenters. The van der Waals surface area contributed by atoms with Crippen LogP contribution in [0.4, 0.5) is 10.5 Å². The molecule has 1 aromatic rings. The molecule has 1 aliphatic heterocycles. The van der Waals surface area contributed by atoms with E-state index in [1.807, 2.05) is 0 Å². The standard InChI is InChI=1S/C9H6ClNO3/c10-6-1-2-7-5(3-6)4-8(12)11(7)9(13)14/h1-3H,4H2,(H,13,14). The molecule has 0 atom stereocenters. The van der Waals surface area contributed by atoms with Crippen molar-refractivity contribution in [2.75, 3.05) is 4.90 Å². The SMILES string of the molecule is O=C(O)N1C(=O)Cc2cc(Cl)ccc21. The lowest BCUT2D eigenvalue weighted by molar-refractivity contribution is -0.116. The highest BCUT2D eigenvalue weighted by Gasteiger charge is 2.32. The lowest BCUT2D eigenvalue weighted by atomic mass is 10.2. The molecule has 1 heterocycles. The average molecular weight is 212 g/mol. The van der Waals surface area contributed by atoms with Crippen LogP contribution >= 0.6 is 11.6 Å². The van der Waals surface area contributed by atoms with Crippen LogP contribution < -0.4 is 4.90 Å². The molecular formula is C9H6ClNO3. The summed E-state index contributed by atoms with van der Waals surface area (Å²) in [7, 11) is 0. The summed E-state index contributed by atoms with van der Waals surface area (Å²) in [5, 5.41) is 9.28. The van der Waals surface area contributed by atoms with Gasteiger partial charge in [0.1, 0.15) is 0 Å². The minimum absolute atomic E-state index is 0.0994. The Bertz CT molecular complexity index is 430. The number of halogens is 1. The number of hydrogen-bond donors (Lipinski definition) is 1. The van der Waals surface area contributed by atoms with Gasteiger partial charge in [-0.1, -0.05) is 11.6 Å². The van der Waals surface area contributed by atoms with E-state index in [4.69, 9.17) is 16.7 Å². The number of carboxylic acid groups (broad SMARTS) is 1. The van der Waals surface area contributed by atoms with E-state index < -0.39 is 12.0 Å². The zero-order valence-electron chi connectivity index (χ0n) is 7.03. The fourth-order valence-corrected chi connectivity index (χ4v) is 1.69. The zero-order chi connectivity index (χ0) is 10.3. The lowest BCUT2D eigenvalue weighted by Gasteiger charge is -2.09. The second-order valence-corrected chi connectivity index (χ2v) is 3.40. The van der Waals surface area contributed by atoms with Gasteiger partial charge in [0.25, 0.3) is 0 Å². The summed E-state index contributed by atoms with van der Waals surface area (Å²) < 4.78 is 0. The van der Waals surface area contributed by atoms with Crippen LogP contribution in [-0.2, 0) is 11.2 Å².